The lowest BCUT2D eigenvalue weighted by Crippen LogP contribution is -2.75. The van der Waals surface area contributed by atoms with Crippen LogP contribution in [0.3, 0.4) is 0 Å². The number of benzene rings is 4. The largest absolute Gasteiger partial charge is 0.506 e. The third-order valence-corrected chi connectivity index (χ3v) is 15.7. The summed E-state index contributed by atoms with van der Waals surface area (Å²) in [5, 5.41) is 117. The Morgan fingerprint density at radius 3 is 1.55 bits per heavy atom. The van der Waals surface area contributed by atoms with Gasteiger partial charge in [-0.3, -0.25) is 0 Å². The van der Waals surface area contributed by atoms with Crippen molar-refractivity contribution < 1.29 is 70.6 Å². The van der Waals surface area contributed by atoms with E-state index in [2.05, 4.69) is 0 Å². The minimum Gasteiger partial charge on any atom is -0.506 e. The van der Waals surface area contributed by atoms with Gasteiger partial charge in [-0.2, -0.15) is 0 Å². The number of anilines is 2. The van der Waals surface area contributed by atoms with Gasteiger partial charge in [0.15, 0.2) is 11.5 Å². The minimum absolute atomic E-state index is 0.0283. The molecule has 4 aliphatic carbocycles. The predicted octanol–water partition coefficient (Wildman–Crippen LogP) is 1.47. The first-order chi connectivity index (χ1) is 31.0. The second-order valence-electron chi connectivity index (χ2n) is 18.5. The lowest BCUT2D eigenvalue weighted by molar-refractivity contribution is -0.511. The van der Waals surface area contributed by atoms with Gasteiger partial charge in [0.1, 0.15) is 67.1 Å². The quantitative estimate of drug-likeness (QED) is 0.131. The fourth-order valence-electron chi connectivity index (χ4n) is 13.1. The van der Waals surface area contributed by atoms with Crippen LogP contribution < -0.4 is 9.80 Å². The van der Waals surface area contributed by atoms with E-state index in [0.29, 0.717) is 11.4 Å². The van der Waals surface area contributed by atoms with E-state index in [1.165, 1.54) is 0 Å². The van der Waals surface area contributed by atoms with Crippen molar-refractivity contribution in [2.45, 2.75) is 91.4 Å². The van der Waals surface area contributed by atoms with E-state index in [-0.39, 0.29) is 11.3 Å². The lowest BCUT2D eigenvalue weighted by atomic mass is 9.56. The molecule has 4 heterocycles. The number of hydrogen-bond donors (Lipinski definition) is 10. The molecule has 20 unspecified atom stereocenters. The number of rotatable bonds is 4. The maximum Gasteiger partial charge on any atom is 0.166 e. The molecule has 64 heavy (non-hydrogen) atoms. The molecule has 10 N–H and O–H groups in total. The molecule has 334 valence electrons. The Labute approximate surface area is 366 Å². The second-order valence-corrected chi connectivity index (χ2v) is 18.5. The van der Waals surface area contributed by atoms with Gasteiger partial charge >= 0.3 is 0 Å². The van der Waals surface area contributed by atoms with Crippen molar-refractivity contribution in [1.29, 1.82) is 0 Å². The predicted molar refractivity (Wildman–Crippen MR) is 224 cm³/mol. The van der Waals surface area contributed by atoms with Crippen molar-refractivity contribution in [3.8, 4) is 22.3 Å². The van der Waals surface area contributed by atoms with Crippen molar-refractivity contribution in [1.82, 2.24) is 0 Å². The molecule has 3 saturated carbocycles. The molecule has 0 spiro atoms. The van der Waals surface area contributed by atoms with Crippen LogP contribution >= 0.6 is 0 Å². The van der Waals surface area contributed by atoms with E-state index >= 15 is 0 Å². The van der Waals surface area contributed by atoms with Gasteiger partial charge in [-0.25, -0.2) is 19.6 Å². The zero-order valence-corrected chi connectivity index (χ0v) is 33.9. The molecule has 4 aromatic carbocycles. The van der Waals surface area contributed by atoms with E-state index in [1.54, 1.807) is 28.0 Å². The number of allylic oxidation sites excluding steroid dienone is 1. The van der Waals surface area contributed by atoms with Gasteiger partial charge in [0.25, 0.3) is 0 Å². The van der Waals surface area contributed by atoms with Crippen LogP contribution in [-0.2, 0) is 19.6 Å². The Hall–Kier alpha value is -4.92. The standard InChI is InChI=1S/C48H48N2O14/c51-35-25-27-33(49(31(25)37(53)43(59)41(35)57)23-15-7-13-21(17-23)19-9-3-1-4-10-19)39(55)47-29-30-46(62-63-47)28-26-32(38(54)44(60)42(58)36(26)52)50(34(28)40(56)48(30)64-61-45(27)29)24-16-8-14-22(18-24)20-11-5-2-6-12-20/h1-18,25,27-31,33-35,37-41,43-48,51-60H. The van der Waals surface area contributed by atoms with Gasteiger partial charge in [-0.05, 0) is 46.5 Å². The van der Waals surface area contributed by atoms with Crippen LogP contribution in [0.4, 0.5) is 11.4 Å². The Morgan fingerprint density at radius 2 is 0.906 bits per heavy atom. The fourth-order valence-corrected chi connectivity index (χ4v) is 13.1. The molecular formula is C48H48N2O14. The molecule has 20 atom stereocenters. The summed E-state index contributed by atoms with van der Waals surface area (Å²) in [4.78, 5) is 28.7. The van der Waals surface area contributed by atoms with Crippen LogP contribution in [-0.4, -0.2) is 142 Å². The van der Waals surface area contributed by atoms with Gasteiger partial charge in [0.05, 0.1) is 29.9 Å². The van der Waals surface area contributed by atoms with Crippen LogP contribution in [0.15, 0.2) is 132 Å². The van der Waals surface area contributed by atoms with Crippen molar-refractivity contribution in [3.05, 3.63) is 132 Å². The SMILES string of the molecule is OC1=C(O)C(O)C(O)C2=C1C1C3OOC4C(O)C5C(C6OOC(C(O)C1N2c1cccc(-c2ccccc2)c1)C3C46)C1C(O)C(O)C(O)C(O)C1N5c1cccc(-c2ccccc2)c1. The lowest BCUT2D eigenvalue weighted by Gasteiger charge is -2.61. The molecule has 0 amide bonds. The molecule has 4 aromatic rings. The monoisotopic (exact) mass is 876 g/mol. The van der Waals surface area contributed by atoms with Gasteiger partial charge in [-0.1, -0.05) is 84.9 Å². The van der Waals surface area contributed by atoms with Gasteiger partial charge in [0, 0.05) is 46.5 Å². The second kappa shape index (κ2) is 14.8. The topological polar surface area (TPSA) is 246 Å². The van der Waals surface area contributed by atoms with E-state index in [4.69, 9.17) is 19.6 Å². The summed E-state index contributed by atoms with van der Waals surface area (Å²) in [6.45, 7) is 0. The van der Waals surface area contributed by atoms with E-state index in [1.807, 2.05) is 91.0 Å². The highest BCUT2D eigenvalue weighted by atomic mass is 17.2. The average Bonchev–Trinajstić information content (AvgIpc) is 3.89. The first-order valence-electron chi connectivity index (χ1n) is 21.8. The summed E-state index contributed by atoms with van der Waals surface area (Å²) in [5.41, 5.74) is 4.52. The van der Waals surface area contributed by atoms with Gasteiger partial charge < -0.3 is 60.9 Å². The average molecular weight is 877 g/mol. The Morgan fingerprint density at radius 1 is 0.406 bits per heavy atom. The number of hydrogen-bond acceptors (Lipinski definition) is 16. The summed E-state index contributed by atoms with van der Waals surface area (Å²) < 4.78 is 0. The molecule has 3 saturated heterocycles. The van der Waals surface area contributed by atoms with Crippen LogP contribution in [0.5, 0.6) is 0 Å². The molecular weight excluding hydrogens is 829 g/mol. The summed E-state index contributed by atoms with van der Waals surface area (Å²) in [5.74, 6) is -6.17. The third-order valence-electron chi connectivity index (χ3n) is 15.7. The van der Waals surface area contributed by atoms with Crippen LogP contribution in [0, 0.1) is 29.6 Å². The molecule has 0 bridgehead atoms. The van der Waals surface area contributed by atoms with E-state index in [9.17, 15) is 51.1 Å². The number of fused-ring (bicyclic) bond motifs is 7. The minimum atomic E-state index is -1.90. The van der Waals surface area contributed by atoms with Gasteiger partial charge in [0.2, 0.25) is 0 Å². The normalized spacial score (nSPS) is 43.0. The van der Waals surface area contributed by atoms with Gasteiger partial charge in [-0.15, -0.1) is 0 Å². The number of aliphatic hydroxyl groups excluding tert-OH is 10. The Balaban J connectivity index is 0.970. The van der Waals surface area contributed by atoms with Crippen LogP contribution in [0.2, 0.25) is 0 Å². The number of nitrogens with zero attached hydrogens (tertiary/aromatic N) is 2. The fraction of sp³-hybridized carbons (Fsp3) is 0.417. The first-order valence-corrected chi connectivity index (χ1v) is 21.8. The van der Waals surface area contributed by atoms with Crippen LogP contribution in [0.25, 0.3) is 22.3 Å². The van der Waals surface area contributed by atoms with E-state index < -0.39 is 132 Å². The molecule has 16 heteroatoms. The number of aliphatic hydroxyl groups is 10. The van der Waals surface area contributed by atoms with E-state index in [0.717, 1.165) is 22.3 Å². The summed E-state index contributed by atoms with van der Waals surface area (Å²) in [7, 11) is 0. The molecule has 12 rings (SSSR count). The summed E-state index contributed by atoms with van der Waals surface area (Å²) >= 11 is 0. The van der Waals surface area contributed by atoms with Crippen molar-refractivity contribution in [2.24, 2.45) is 29.6 Å². The first kappa shape index (κ1) is 40.6. The maximum absolute atomic E-state index is 12.7. The molecule has 4 aliphatic heterocycles. The zero-order chi connectivity index (χ0) is 44.0. The molecule has 16 nitrogen and oxygen atoms in total. The Kier molecular flexibility index (Phi) is 9.38. The molecule has 6 fully saturated rings. The zero-order valence-electron chi connectivity index (χ0n) is 33.9. The Bertz CT molecular complexity index is 2530. The highest BCUT2D eigenvalue weighted by Gasteiger charge is 2.75. The maximum atomic E-state index is 12.7. The summed E-state index contributed by atoms with van der Waals surface area (Å²) in [6, 6.07) is 30.8. The highest BCUT2D eigenvalue weighted by Crippen LogP contribution is 2.62. The molecule has 0 aromatic heterocycles. The molecule has 8 aliphatic rings. The van der Waals surface area contributed by atoms with Crippen molar-refractivity contribution in [2.75, 3.05) is 9.80 Å². The van der Waals surface area contributed by atoms with Crippen molar-refractivity contribution >= 4 is 11.4 Å². The third kappa shape index (κ3) is 5.47. The van der Waals surface area contributed by atoms with Crippen molar-refractivity contribution in [3.63, 3.8) is 0 Å². The smallest absolute Gasteiger partial charge is 0.166 e. The summed E-state index contributed by atoms with van der Waals surface area (Å²) in [6.07, 6.45) is -17.6. The highest BCUT2D eigenvalue weighted by molar-refractivity contribution is 5.73. The van der Waals surface area contributed by atoms with Crippen LogP contribution in [0.1, 0.15) is 0 Å². The molecule has 0 radical (unpaired) electrons.